The molecule has 17 unspecified atom stereocenters. The van der Waals surface area contributed by atoms with Crippen LogP contribution in [0.15, 0.2) is 72.9 Å². The van der Waals surface area contributed by atoms with Gasteiger partial charge in [0.15, 0.2) is 18.9 Å². The number of hydrogen-bond acceptors (Lipinski definition) is 18. The second-order valence-corrected chi connectivity index (χ2v) is 25.3. The predicted molar refractivity (Wildman–Crippen MR) is 355 cm³/mol. The Bertz CT molecular complexity index is 1930. The van der Waals surface area contributed by atoms with Gasteiger partial charge in [0.1, 0.15) is 73.2 Å². The molecular formula is C72H127NO18. The van der Waals surface area contributed by atoms with Gasteiger partial charge < -0.3 is 89.9 Å². The van der Waals surface area contributed by atoms with Crippen molar-refractivity contribution in [2.75, 3.05) is 26.4 Å². The van der Waals surface area contributed by atoms with Crippen LogP contribution < -0.4 is 5.32 Å². The number of allylic oxidation sites excluding steroid dienone is 11. The lowest BCUT2D eigenvalue weighted by Crippen LogP contribution is -2.66. The Kier molecular flexibility index (Phi) is 48.4. The minimum atomic E-state index is -1.98. The van der Waals surface area contributed by atoms with Gasteiger partial charge in [-0.15, -0.1) is 0 Å². The van der Waals surface area contributed by atoms with E-state index in [2.05, 4.69) is 79.9 Å². The van der Waals surface area contributed by atoms with Gasteiger partial charge in [0, 0.05) is 6.42 Å². The zero-order valence-electron chi connectivity index (χ0n) is 55.8. The zero-order chi connectivity index (χ0) is 66.1. The third kappa shape index (κ3) is 35.2. The molecule has 0 bridgehead atoms. The van der Waals surface area contributed by atoms with Gasteiger partial charge in [0.05, 0.1) is 38.6 Å². The third-order valence-electron chi connectivity index (χ3n) is 17.5. The van der Waals surface area contributed by atoms with Crippen molar-refractivity contribution in [3.8, 4) is 0 Å². The van der Waals surface area contributed by atoms with Crippen molar-refractivity contribution in [2.45, 2.75) is 349 Å². The van der Waals surface area contributed by atoms with Crippen LogP contribution in [0.4, 0.5) is 0 Å². The van der Waals surface area contributed by atoms with Crippen molar-refractivity contribution in [1.82, 2.24) is 5.32 Å². The monoisotopic (exact) mass is 1290 g/mol. The topological polar surface area (TPSA) is 307 Å². The van der Waals surface area contributed by atoms with Crippen molar-refractivity contribution >= 4 is 5.91 Å². The van der Waals surface area contributed by atoms with Crippen LogP contribution in [0.25, 0.3) is 0 Å². The second-order valence-electron chi connectivity index (χ2n) is 25.3. The van der Waals surface area contributed by atoms with Gasteiger partial charge >= 0.3 is 0 Å². The highest BCUT2D eigenvalue weighted by atomic mass is 16.8. The van der Waals surface area contributed by atoms with Crippen LogP contribution in [0.5, 0.6) is 0 Å². The molecule has 3 rings (SSSR count). The molecule has 0 saturated carbocycles. The van der Waals surface area contributed by atoms with E-state index < -0.39 is 124 Å². The third-order valence-corrected chi connectivity index (χ3v) is 17.5. The molecule has 19 heteroatoms. The summed E-state index contributed by atoms with van der Waals surface area (Å²) < 4.78 is 34.2. The van der Waals surface area contributed by atoms with Gasteiger partial charge in [0.25, 0.3) is 0 Å². The summed E-state index contributed by atoms with van der Waals surface area (Å²) in [6.45, 7) is 1.57. The molecule has 0 aliphatic carbocycles. The average Bonchev–Trinajstić information content (AvgIpc) is 0.826. The van der Waals surface area contributed by atoms with E-state index in [1.54, 1.807) is 6.08 Å². The van der Waals surface area contributed by atoms with E-state index >= 15 is 0 Å². The Morgan fingerprint density at radius 2 is 0.758 bits per heavy atom. The second kappa shape index (κ2) is 53.4. The highest BCUT2D eigenvalue weighted by Gasteiger charge is 2.53. The summed E-state index contributed by atoms with van der Waals surface area (Å²) in [7, 11) is 0. The first-order valence-corrected chi connectivity index (χ1v) is 35.7. The first kappa shape index (κ1) is 82.5. The van der Waals surface area contributed by atoms with Gasteiger partial charge in [0.2, 0.25) is 5.91 Å². The Labute approximate surface area is 547 Å². The van der Waals surface area contributed by atoms with Gasteiger partial charge in [-0.2, -0.15) is 0 Å². The first-order chi connectivity index (χ1) is 44.3. The molecule has 3 heterocycles. The number of aliphatic hydroxyl groups is 11. The van der Waals surface area contributed by atoms with Gasteiger partial charge in [-0.3, -0.25) is 4.79 Å². The first-order valence-electron chi connectivity index (χ1n) is 35.7. The molecule has 3 saturated heterocycles. The molecule has 1 amide bonds. The Morgan fingerprint density at radius 1 is 0.407 bits per heavy atom. The standard InChI is InChI=1S/C72H127NO18/c1-3-5-7-9-11-13-14-15-16-17-18-19-20-21-22-23-24-25-26-27-28-29-30-31-32-33-34-35-36-37-38-39-40-42-44-46-48-50-60(78)73-55(56(77)49-47-45-43-41-12-10-8-6-4-2)54-86-70-66(84)63(81)68(58(52-75)88-70)91-72-67(85)64(82)69(59(53-76)89-72)90-71-65(83)62(80)61(79)57(51-74)87-71/h5,7,11,13,15-16,18-19,21-22,47,49,55-59,61-72,74-77,79-85H,3-4,6,8-10,12,14,17,20,23-46,48,50-54H2,1-2H3,(H,73,78)/b7-5-,13-11-,16-15-,19-18-,22-21-,49-47+. The van der Waals surface area contributed by atoms with Crippen LogP contribution in [-0.4, -0.2) is 193 Å². The molecule has 0 aromatic carbocycles. The van der Waals surface area contributed by atoms with E-state index in [0.717, 1.165) is 77.0 Å². The van der Waals surface area contributed by atoms with Crippen molar-refractivity contribution in [3.63, 3.8) is 0 Å². The predicted octanol–water partition coefficient (Wildman–Crippen LogP) is 9.72. The molecule has 0 aromatic heterocycles. The summed E-state index contributed by atoms with van der Waals surface area (Å²) in [5.74, 6) is -0.277. The lowest BCUT2D eigenvalue weighted by Gasteiger charge is -2.48. The van der Waals surface area contributed by atoms with E-state index in [1.165, 1.54) is 141 Å². The number of aliphatic hydroxyl groups excluding tert-OH is 11. The lowest BCUT2D eigenvalue weighted by atomic mass is 9.96. The average molecular weight is 1290 g/mol. The maximum absolute atomic E-state index is 13.3. The Morgan fingerprint density at radius 3 is 1.19 bits per heavy atom. The van der Waals surface area contributed by atoms with Gasteiger partial charge in [-0.05, 0) is 64.2 Å². The largest absolute Gasteiger partial charge is 0.394 e. The highest BCUT2D eigenvalue weighted by molar-refractivity contribution is 5.76. The molecule has 0 radical (unpaired) electrons. The number of carbonyl (C=O) groups excluding carboxylic acids is 1. The van der Waals surface area contributed by atoms with Crippen molar-refractivity contribution in [1.29, 1.82) is 0 Å². The molecule has 3 fully saturated rings. The Balaban J connectivity index is 1.28. The lowest BCUT2D eigenvalue weighted by molar-refractivity contribution is -0.379. The molecule has 17 atom stereocenters. The zero-order valence-corrected chi connectivity index (χ0v) is 55.8. The number of carbonyl (C=O) groups is 1. The minimum Gasteiger partial charge on any atom is -0.394 e. The number of ether oxygens (including phenoxy) is 6. The van der Waals surface area contributed by atoms with Crippen LogP contribution in [0.3, 0.4) is 0 Å². The summed E-state index contributed by atoms with van der Waals surface area (Å²) in [6.07, 6.45) is 40.8. The van der Waals surface area contributed by atoms with Crippen LogP contribution in [0.1, 0.15) is 245 Å². The van der Waals surface area contributed by atoms with Crippen molar-refractivity contribution < 1.29 is 89.4 Å². The minimum absolute atomic E-state index is 0.243. The van der Waals surface area contributed by atoms with E-state index in [0.29, 0.717) is 6.42 Å². The van der Waals surface area contributed by atoms with Crippen LogP contribution in [-0.2, 0) is 33.2 Å². The molecule has 0 aromatic rings. The number of nitrogens with one attached hydrogen (secondary N) is 1. The number of rotatable bonds is 54. The number of unbranched alkanes of at least 4 members (excludes halogenated alkanes) is 28. The maximum Gasteiger partial charge on any atom is 0.220 e. The fraction of sp³-hybridized carbons (Fsp3) is 0.819. The summed E-state index contributed by atoms with van der Waals surface area (Å²) in [6, 6.07) is -0.971. The van der Waals surface area contributed by atoms with Crippen LogP contribution in [0, 0.1) is 0 Å². The molecule has 12 N–H and O–H groups in total. The van der Waals surface area contributed by atoms with Crippen molar-refractivity contribution in [2.24, 2.45) is 0 Å². The molecular weight excluding hydrogens is 1170 g/mol. The maximum atomic E-state index is 13.3. The summed E-state index contributed by atoms with van der Waals surface area (Å²) in [5.41, 5.74) is 0. The van der Waals surface area contributed by atoms with E-state index in [9.17, 15) is 61.0 Å². The van der Waals surface area contributed by atoms with Crippen molar-refractivity contribution in [3.05, 3.63) is 72.9 Å². The van der Waals surface area contributed by atoms with Gasteiger partial charge in [-0.25, -0.2) is 0 Å². The number of amides is 1. The number of hydrogen-bond donors (Lipinski definition) is 12. The van der Waals surface area contributed by atoms with Crippen LogP contribution in [0.2, 0.25) is 0 Å². The summed E-state index contributed by atoms with van der Waals surface area (Å²) in [5, 5.41) is 120. The van der Waals surface area contributed by atoms with E-state index in [-0.39, 0.29) is 18.9 Å². The SMILES string of the molecule is CC/C=C\C/C=C\C/C=C\C/C=C\C/C=C\CCCCCCCCCCCCCCCCCCCCCCCC(=O)NC(COC1OC(CO)C(OC2OC(CO)C(OC3OC(CO)C(O)C(O)C3O)C(O)C2O)C(O)C1O)C(O)/C=C/CCCCCCCCC. The summed E-state index contributed by atoms with van der Waals surface area (Å²) >= 11 is 0. The Hall–Kier alpha value is -2.77. The normalized spacial score (nSPS) is 28.3. The molecule has 528 valence electrons. The molecule has 3 aliphatic rings. The van der Waals surface area contributed by atoms with Crippen LogP contribution >= 0.6 is 0 Å². The molecule has 0 spiro atoms. The fourth-order valence-electron chi connectivity index (χ4n) is 11.7. The van der Waals surface area contributed by atoms with Gasteiger partial charge in [-0.1, -0.05) is 247 Å². The molecule has 3 aliphatic heterocycles. The molecule has 19 nitrogen and oxygen atoms in total. The smallest absolute Gasteiger partial charge is 0.220 e. The fourth-order valence-corrected chi connectivity index (χ4v) is 11.7. The van der Waals surface area contributed by atoms with E-state index in [1.807, 2.05) is 6.08 Å². The quantitative estimate of drug-likeness (QED) is 0.0199. The summed E-state index contributed by atoms with van der Waals surface area (Å²) in [4.78, 5) is 13.3. The highest BCUT2D eigenvalue weighted by Crippen LogP contribution is 2.33. The molecule has 91 heavy (non-hydrogen) atoms. The van der Waals surface area contributed by atoms with E-state index in [4.69, 9.17) is 28.4 Å².